The summed E-state index contributed by atoms with van der Waals surface area (Å²) in [4.78, 5) is 5.05. The van der Waals surface area contributed by atoms with Gasteiger partial charge in [-0.25, -0.2) is 22.8 Å². The van der Waals surface area contributed by atoms with Gasteiger partial charge < -0.3 is 9.67 Å². The first-order valence-electron chi connectivity index (χ1n) is 15.3. The number of rotatable bonds is 7. The molecule has 7 nitrogen and oxygen atoms in total. The number of imidazole rings is 1. The summed E-state index contributed by atoms with van der Waals surface area (Å²) < 4.78 is 58.8. The highest BCUT2D eigenvalue weighted by molar-refractivity contribution is 7.91. The summed E-state index contributed by atoms with van der Waals surface area (Å²) in [5.74, 6) is -0.950. The molecule has 0 spiro atoms. The van der Waals surface area contributed by atoms with Crippen LogP contribution in [0.3, 0.4) is 0 Å². The zero-order chi connectivity index (χ0) is 31.8. The third-order valence-electron chi connectivity index (χ3n) is 8.83. The van der Waals surface area contributed by atoms with Crippen LogP contribution in [-0.2, 0) is 10.2 Å². The molecule has 1 unspecified atom stereocenters. The summed E-state index contributed by atoms with van der Waals surface area (Å²) in [6.07, 6.45) is 8.29. The molecule has 0 amide bonds. The minimum absolute atomic E-state index is 0.120. The van der Waals surface area contributed by atoms with Crippen molar-refractivity contribution in [3.8, 4) is 28.1 Å². The maximum absolute atomic E-state index is 15.1. The van der Waals surface area contributed by atoms with Gasteiger partial charge in [0.1, 0.15) is 17.5 Å². The lowest BCUT2D eigenvalue weighted by atomic mass is 9.76. The Labute approximate surface area is 266 Å². The number of nitrogens with zero attached hydrogens (tertiary/aromatic N) is 3. The van der Waals surface area contributed by atoms with Gasteiger partial charge in [-0.15, -0.1) is 0 Å². The first kappa shape index (κ1) is 29.7. The zero-order valence-corrected chi connectivity index (χ0v) is 25.7. The predicted octanol–water partition coefficient (Wildman–Crippen LogP) is 8.21. The van der Waals surface area contributed by atoms with E-state index in [1.54, 1.807) is 30.5 Å². The molecule has 1 saturated carbocycles. The van der Waals surface area contributed by atoms with Gasteiger partial charge in [0, 0.05) is 29.4 Å². The average Bonchev–Trinajstić information content (AvgIpc) is 3.61. The molecule has 2 heterocycles. The van der Waals surface area contributed by atoms with Crippen LogP contribution in [-0.4, -0.2) is 23.1 Å². The van der Waals surface area contributed by atoms with Gasteiger partial charge in [-0.1, -0.05) is 73.9 Å². The van der Waals surface area contributed by atoms with Crippen molar-refractivity contribution in [3.05, 3.63) is 138 Å². The molecule has 2 aliphatic rings. The first-order chi connectivity index (χ1) is 22.3. The van der Waals surface area contributed by atoms with Crippen LogP contribution in [0.4, 0.5) is 14.5 Å². The van der Waals surface area contributed by atoms with E-state index in [9.17, 15) is 17.9 Å². The number of benzene rings is 4. The highest BCUT2D eigenvalue weighted by atomic mass is 32.2. The van der Waals surface area contributed by atoms with Gasteiger partial charge in [-0.05, 0) is 71.8 Å². The second-order valence-corrected chi connectivity index (χ2v) is 13.3. The summed E-state index contributed by atoms with van der Waals surface area (Å²) in [7, 11) is -3.95. The molecule has 2 N–H and O–H groups in total. The number of aliphatic hydroxyl groups excluding tert-OH is 1. The molecule has 0 radical (unpaired) electrons. The first-order valence-corrected chi connectivity index (χ1v) is 16.7. The lowest BCUT2D eigenvalue weighted by molar-refractivity contribution is 0.320. The number of aliphatic hydroxyl groups is 1. The number of anilines is 1. The van der Waals surface area contributed by atoms with Crippen molar-refractivity contribution < 1.29 is 22.3 Å². The molecule has 4 aromatic carbocycles. The van der Waals surface area contributed by atoms with Crippen molar-refractivity contribution in [1.29, 1.82) is 0 Å². The Hall–Kier alpha value is -4.96. The Bertz CT molecular complexity index is 2010. The van der Waals surface area contributed by atoms with Crippen LogP contribution in [0.2, 0.25) is 0 Å². The number of aromatic nitrogens is 2. The van der Waals surface area contributed by atoms with Crippen molar-refractivity contribution in [2.75, 3.05) is 4.31 Å². The molecule has 1 atom stereocenters. The van der Waals surface area contributed by atoms with Gasteiger partial charge in [0.15, 0.2) is 0 Å². The summed E-state index contributed by atoms with van der Waals surface area (Å²) >= 11 is 0. The SMILES string of the molecule is O=S1(=O)NC(O)=CN1c1ccc(-n2cc(-c3ccc(F)cc3F)nc2C(c2ccc(-c3ccccc3)cc2)C2CCCCC2)cc1. The minimum Gasteiger partial charge on any atom is -0.493 e. The van der Waals surface area contributed by atoms with E-state index in [0.717, 1.165) is 64.8 Å². The van der Waals surface area contributed by atoms with Crippen LogP contribution in [0.5, 0.6) is 0 Å². The molecule has 1 aliphatic carbocycles. The summed E-state index contributed by atoms with van der Waals surface area (Å²) in [6.45, 7) is 0. The molecule has 0 bridgehead atoms. The van der Waals surface area contributed by atoms with E-state index in [2.05, 4.69) is 36.4 Å². The highest BCUT2D eigenvalue weighted by Gasteiger charge is 2.32. The van der Waals surface area contributed by atoms with E-state index in [-0.39, 0.29) is 17.4 Å². The number of halogens is 2. The van der Waals surface area contributed by atoms with Crippen LogP contribution in [0.15, 0.2) is 115 Å². The fourth-order valence-corrected chi connectivity index (χ4v) is 7.68. The van der Waals surface area contributed by atoms with Crippen LogP contribution >= 0.6 is 0 Å². The summed E-state index contributed by atoms with van der Waals surface area (Å²) in [6, 6.07) is 29.0. The van der Waals surface area contributed by atoms with E-state index < -0.39 is 27.7 Å². The Kier molecular flexibility index (Phi) is 7.82. The molecule has 1 aromatic heterocycles. The Morgan fingerprint density at radius 3 is 2.15 bits per heavy atom. The van der Waals surface area contributed by atoms with Crippen molar-refractivity contribution in [2.24, 2.45) is 5.92 Å². The molecular weight excluding hydrogens is 606 g/mol. The third kappa shape index (κ3) is 5.76. The number of hydrogen-bond acceptors (Lipinski definition) is 4. The van der Waals surface area contributed by atoms with E-state index >= 15 is 4.39 Å². The van der Waals surface area contributed by atoms with Crippen LogP contribution in [0.25, 0.3) is 28.1 Å². The average molecular weight is 639 g/mol. The van der Waals surface area contributed by atoms with Crippen molar-refractivity contribution >= 4 is 15.9 Å². The van der Waals surface area contributed by atoms with E-state index in [1.807, 2.05) is 27.5 Å². The highest BCUT2D eigenvalue weighted by Crippen LogP contribution is 2.42. The van der Waals surface area contributed by atoms with Crippen molar-refractivity contribution in [2.45, 2.75) is 38.0 Å². The Morgan fingerprint density at radius 2 is 1.50 bits per heavy atom. The standard InChI is InChI=1S/C36H32F2N4O3S/c37-28-15-20-31(32(38)21-28)33-22-41(29-16-18-30(19-17-29)42-23-34(43)40-46(42,44)45)36(39-33)35(26-9-5-2-6-10-26)27-13-11-25(12-14-27)24-7-3-1-4-8-24/h1,3-4,7-8,11-23,26,35,40,43H,2,5-6,9-10H2. The van der Waals surface area contributed by atoms with Gasteiger partial charge in [-0.3, -0.25) is 0 Å². The van der Waals surface area contributed by atoms with Gasteiger partial charge in [0.25, 0.3) is 0 Å². The molecule has 46 heavy (non-hydrogen) atoms. The smallest absolute Gasteiger partial charge is 0.330 e. The molecular formula is C36H32F2N4O3S. The molecule has 10 heteroatoms. The second-order valence-electron chi connectivity index (χ2n) is 11.8. The van der Waals surface area contributed by atoms with Crippen LogP contribution < -0.4 is 9.03 Å². The van der Waals surface area contributed by atoms with E-state index in [4.69, 9.17) is 4.98 Å². The maximum Gasteiger partial charge on any atom is 0.330 e. The van der Waals surface area contributed by atoms with Crippen LogP contribution in [0.1, 0.15) is 49.4 Å². The fraction of sp³-hybridized carbons (Fsp3) is 0.194. The Balaban J connectivity index is 1.36. The topological polar surface area (TPSA) is 87.5 Å². The molecule has 1 fully saturated rings. The van der Waals surface area contributed by atoms with E-state index in [0.29, 0.717) is 17.1 Å². The van der Waals surface area contributed by atoms with Gasteiger partial charge in [0.2, 0.25) is 5.88 Å². The third-order valence-corrected chi connectivity index (χ3v) is 10.1. The van der Waals surface area contributed by atoms with Crippen molar-refractivity contribution in [1.82, 2.24) is 14.3 Å². The van der Waals surface area contributed by atoms with Gasteiger partial charge >= 0.3 is 10.2 Å². The summed E-state index contributed by atoms with van der Waals surface area (Å²) in [5.41, 5.74) is 4.90. The predicted molar refractivity (Wildman–Crippen MR) is 174 cm³/mol. The molecule has 234 valence electrons. The van der Waals surface area contributed by atoms with Gasteiger partial charge in [-0.2, -0.15) is 8.42 Å². The minimum atomic E-state index is -3.95. The van der Waals surface area contributed by atoms with Crippen molar-refractivity contribution in [3.63, 3.8) is 0 Å². The summed E-state index contributed by atoms with van der Waals surface area (Å²) in [5, 5.41) is 9.75. The zero-order valence-electron chi connectivity index (χ0n) is 24.9. The molecule has 5 aromatic rings. The van der Waals surface area contributed by atoms with Gasteiger partial charge in [0.05, 0.1) is 17.6 Å². The van der Waals surface area contributed by atoms with E-state index in [1.165, 1.54) is 18.6 Å². The second kappa shape index (κ2) is 12.1. The lowest BCUT2D eigenvalue weighted by Gasteiger charge is -2.31. The maximum atomic E-state index is 15.1. The lowest BCUT2D eigenvalue weighted by Crippen LogP contribution is -2.29. The quantitative estimate of drug-likeness (QED) is 0.188. The monoisotopic (exact) mass is 638 g/mol. The molecule has 0 saturated heterocycles. The van der Waals surface area contributed by atoms with Crippen LogP contribution in [0, 0.1) is 17.6 Å². The number of hydrogen-bond donors (Lipinski definition) is 2. The molecule has 1 aliphatic heterocycles. The largest absolute Gasteiger partial charge is 0.493 e. The normalized spacial score (nSPS) is 17.0. The number of nitrogens with one attached hydrogen (secondary N) is 1. The molecule has 7 rings (SSSR count). The fourth-order valence-electron chi connectivity index (χ4n) is 6.62. The Morgan fingerprint density at radius 1 is 0.826 bits per heavy atom.